The SMILES string of the molecule is CCCOc1ccc(C2C(C(=O)OC)=C(C)Nc3ncnn32)cc1. The van der Waals surface area contributed by atoms with Crippen LogP contribution in [0.5, 0.6) is 5.75 Å². The van der Waals surface area contributed by atoms with Gasteiger partial charge in [-0.05, 0) is 31.0 Å². The van der Waals surface area contributed by atoms with Crippen LogP contribution in [0.2, 0.25) is 0 Å². The minimum Gasteiger partial charge on any atom is -0.494 e. The number of esters is 1. The quantitative estimate of drug-likeness (QED) is 0.850. The maximum absolute atomic E-state index is 12.3. The van der Waals surface area contributed by atoms with Crippen molar-refractivity contribution in [3.63, 3.8) is 0 Å². The first-order chi connectivity index (χ1) is 11.7. The number of methoxy groups -OCH3 is 1. The van der Waals surface area contributed by atoms with Gasteiger partial charge in [0.15, 0.2) is 0 Å². The van der Waals surface area contributed by atoms with Gasteiger partial charge in [-0.15, -0.1) is 0 Å². The Kier molecular flexibility index (Phi) is 4.50. The summed E-state index contributed by atoms with van der Waals surface area (Å²) in [7, 11) is 1.37. The fourth-order valence-electron chi connectivity index (χ4n) is 2.74. The predicted molar refractivity (Wildman–Crippen MR) is 88.7 cm³/mol. The van der Waals surface area contributed by atoms with Crippen molar-refractivity contribution in [1.29, 1.82) is 0 Å². The Morgan fingerprint density at radius 3 is 2.75 bits per heavy atom. The van der Waals surface area contributed by atoms with Crippen molar-refractivity contribution in [2.24, 2.45) is 0 Å². The third-order valence-corrected chi connectivity index (χ3v) is 3.87. The van der Waals surface area contributed by atoms with Crippen molar-refractivity contribution >= 4 is 11.9 Å². The van der Waals surface area contributed by atoms with Crippen molar-refractivity contribution < 1.29 is 14.3 Å². The summed E-state index contributed by atoms with van der Waals surface area (Å²) < 4.78 is 12.3. The van der Waals surface area contributed by atoms with Crippen LogP contribution in [0.1, 0.15) is 31.9 Å². The molecule has 0 saturated heterocycles. The lowest BCUT2D eigenvalue weighted by Crippen LogP contribution is -2.29. The highest BCUT2D eigenvalue weighted by Gasteiger charge is 2.33. The number of ether oxygens (including phenoxy) is 2. The summed E-state index contributed by atoms with van der Waals surface area (Å²) in [6.45, 7) is 4.56. The summed E-state index contributed by atoms with van der Waals surface area (Å²) in [6.07, 6.45) is 2.41. The molecule has 0 aliphatic carbocycles. The number of nitrogens with zero attached hydrogens (tertiary/aromatic N) is 3. The summed E-state index contributed by atoms with van der Waals surface area (Å²) in [5.74, 6) is 1.00. The summed E-state index contributed by atoms with van der Waals surface area (Å²) in [5, 5.41) is 7.35. The van der Waals surface area contributed by atoms with Crippen LogP contribution in [-0.4, -0.2) is 34.5 Å². The standard InChI is InChI=1S/C17H20N4O3/c1-4-9-24-13-7-5-12(6-8-13)15-14(16(22)23-3)11(2)20-17-18-10-19-21(15)17/h5-8,10,15H,4,9H2,1-3H3,(H,18,19,20). The van der Waals surface area contributed by atoms with Crippen LogP contribution in [0, 0.1) is 0 Å². The fourth-order valence-corrected chi connectivity index (χ4v) is 2.74. The predicted octanol–water partition coefficient (Wildman–Crippen LogP) is 2.53. The summed E-state index contributed by atoms with van der Waals surface area (Å²) in [4.78, 5) is 16.5. The summed E-state index contributed by atoms with van der Waals surface area (Å²) in [6, 6.07) is 7.27. The molecule has 0 bridgehead atoms. The smallest absolute Gasteiger partial charge is 0.338 e. The molecule has 1 atom stereocenters. The van der Waals surface area contributed by atoms with E-state index in [9.17, 15) is 4.79 Å². The molecular weight excluding hydrogens is 308 g/mol. The molecule has 0 saturated carbocycles. The Morgan fingerprint density at radius 2 is 2.08 bits per heavy atom. The van der Waals surface area contributed by atoms with Gasteiger partial charge in [-0.3, -0.25) is 0 Å². The lowest BCUT2D eigenvalue weighted by atomic mass is 9.96. The molecule has 1 unspecified atom stereocenters. The van der Waals surface area contributed by atoms with Crippen molar-refractivity contribution in [1.82, 2.24) is 14.8 Å². The molecule has 2 aromatic rings. The van der Waals surface area contributed by atoms with Gasteiger partial charge >= 0.3 is 5.97 Å². The number of benzene rings is 1. The molecule has 1 N–H and O–H groups in total. The number of allylic oxidation sites excluding steroid dienone is 1. The number of fused-ring (bicyclic) bond motifs is 1. The first-order valence-corrected chi connectivity index (χ1v) is 7.84. The van der Waals surface area contributed by atoms with Gasteiger partial charge in [0.2, 0.25) is 5.95 Å². The normalized spacial score (nSPS) is 16.4. The van der Waals surface area contributed by atoms with Crippen LogP contribution in [0.25, 0.3) is 0 Å². The fraction of sp³-hybridized carbons (Fsp3) is 0.353. The molecule has 3 rings (SSSR count). The second-order valence-corrected chi connectivity index (χ2v) is 5.50. The third kappa shape index (κ3) is 2.84. The largest absolute Gasteiger partial charge is 0.494 e. The van der Waals surface area contributed by atoms with Crippen molar-refractivity contribution in [2.45, 2.75) is 26.3 Å². The van der Waals surface area contributed by atoms with E-state index in [1.54, 1.807) is 4.68 Å². The zero-order valence-electron chi connectivity index (χ0n) is 13.9. The summed E-state index contributed by atoms with van der Waals surface area (Å²) in [5.41, 5.74) is 2.13. The van der Waals surface area contributed by atoms with Crippen LogP contribution in [-0.2, 0) is 9.53 Å². The Labute approximate surface area is 140 Å². The van der Waals surface area contributed by atoms with Crippen molar-refractivity contribution in [3.05, 3.63) is 47.4 Å². The average Bonchev–Trinajstić information content (AvgIpc) is 3.06. The lowest BCUT2D eigenvalue weighted by Gasteiger charge is -2.28. The Bertz CT molecular complexity index is 764. The number of hydrogen-bond acceptors (Lipinski definition) is 6. The molecule has 0 amide bonds. The molecule has 2 heterocycles. The Balaban J connectivity index is 2.01. The topological polar surface area (TPSA) is 78.3 Å². The van der Waals surface area contributed by atoms with Gasteiger partial charge in [0.1, 0.15) is 18.1 Å². The average molecular weight is 328 g/mol. The number of rotatable bonds is 5. The van der Waals surface area contributed by atoms with Gasteiger partial charge in [-0.25, -0.2) is 9.48 Å². The van der Waals surface area contributed by atoms with E-state index in [2.05, 4.69) is 22.3 Å². The highest BCUT2D eigenvalue weighted by Crippen LogP contribution is 2.35. The molecule has 0 fully saturated rings. The molecular formula is C17H20N4O3. The molecule has 1 aromatic heterocycles. The molecule has 0 spiro atoms. The van der Waals surface area contributed by atoms with E-state index < -0.39 is 12.0 Å². The molecule has 1 aliphatic heterocycles. The van der Waals surface area contributed by atoms with E-state index in [0.29, 0.717) is 23.8 Å². The first-order valence-electron chi connectivity index (χ1n) is 7.84. The molecule has 1 aromatic carbocycles. The highest BCUT2D eigenvalue weighted by atomic mass is 16.5. The number of aromatic nitrogens is 3. The number of hydrogen-bond donors (Lipinski definition) is 1. The number of carbonyl (C=O) groups is 1. The van der Waals surface area contributed by atoms with E-state index in [4.69, 9.17) is 9.47 Å². The van der Waals surface area contributed by atoms with Crippen LogP contribution >= 0.6 is 0 Å². The Morgan fingerprint density at radius 1 is 1.33 bits per heavy atom. The lowest BCUT2D eigenvalue weighted by molar-refractivity contribution is -0.136. The number of nitrogens with one attached hydrogen (secondary N) is 1. The molecule has 7 heteroatoms. The van der Waals surface area contributed by atoms with Crippen LogP contribution < -0.4 is 10.1 Å². The number of carbonyl (C=O) groups excluding carboxylic acids is 1. The zero-order valence-corrected chi connectivity index (χ0v) is 13.9. The third-order valence-electron chi connectivity index (χ3n) is 3.87. The molecule has 1 aliphatic rings. The van der Waals surface area contributed by atoms with E-state index in [0.717, 1.165) is 17.7 Å². The first kappa shape index (κ1) is 16.0. The molecule has 0 radical (unpaired) electrons. The monoisotopic (exact) mass is 328 g/mol. The van der Waals surface area contributed by atoms with Gasteiger partial charge in [0.25, 0.3) is 0 Å². The maximum Gasteiger partial charge on any atom is 0.338 e. The molecule has 7 nitrogen and oxygen atoms in total. The van der Waals surface area contributed by atoms with Gasteiger partial charge in [0, 0.05) is 5.70 Å². The van der Waals surface area contributed by atoms with Gasteiger partial charge in [-0.1, -0.05) is 19.1 Å². The van der Waals surface area contributed by atoms with Crippen molar-refractivity contribution in [2.75, 3.05) is 19.0 Å². The van der Waals surface area contributed by atoms with Gasteiger partial charge in [-0.2, -0.15) is 10.1 Å². The highest BCUT2D eigenvalue weighted by molar-refractivity contribution is 5.92. The van der Waals surface area contributed by atoms with E-state index >= 15 is 0 Å². The number of anilines is 1. The Hall–Kier alpha value is -2.83. The van der Waals surface area contributed by atoms with E-state index in [1.165, 1.54) is 13.4 Å². The van der Waals surface area contributed by atoms with Gasteiger partial charge in [0.05, 0.1) is 19.3 Å². The second kappa shape index (κ2) is 6.74. The molecule has 126 valence electrons. The maximum atomic E-state index is 12.3. The second-order valence-electron chi connectivity index (χ2n) is 5.50. The van der Waals surface area contributed by atoms with E-state index in [1.807, 2.05) is 31.2 Å². The van der Waals surface area contributed by atoms with Gasteiger partial charge < -0.3 is 14.8 Å². The van der Waals surface area contributed by atoms with Crippen LogP contribution in [0.4, 0.5) is 5.95 Å². The molecule has 24 heavy (non-hydrogen) atoms. The van der Waals surface area contributed by atoms with E-state index in [-0.39, 0.29) is 0 Å². The zero-order chi connectivity index (χ0) is 17.1. The minimum atomic E-state index is -0.392. The van der Waals surface area contributed by atoms with Crippen LogP contribution in [0.3, 0.4) is 0 Å². The summed E-state index contributed by atoms with van der Waals surface area (Å²) >= 11 is 0. The minimum absolute atomic E-state index is 0.391. The van der Waals surface area contributed by atoms with Crippen LogP contribution in [0.15, 0.2) is 41.9 Å². The van der Waals surface area contributed by atoms with Crippen molar-refractivity contribution in [3.8, 4) is 5.75 Å².